The number of nitrogens with two attached hydrogens (primary N) is 1. The number of hydrogen-bond donors (Lipinski definition) is 5. The molecule has 1 aromatic rings. The number of amidine groups is 1. The summed E-state index contributed by atoms with van der Waals surface area (Å²) >= 11 is 6.07. The van der Waals surface area contributed by atoms with E-state index in [1.807, 2.05) is 0 Å². The lowest BCUT2D eigenvalue weighted by atomic mass is 10.1. The SMILES string of the molecule is Cc1cc(/C(N)=N/O)cc(Cl)c1OC[C@@H](O)CNC(=O)CO. The standard InChI is InChI=1S/C13H18ClN3O5/c1-7-2-8(13(15)17-21)3-10(14)12(7)22-6-9(19)4-16-11(20)5-18/h2-3,9,18-19,21H,4-6H2,1H3,(H2,15,17)(H,16,20)/t9-/m0/s1. The average Bonchev–Trinajstić information content (AvgIpc) is 2.50. The van der Waals surface area contributed by atoms with Crippen LogP contribution in [0.5, 0.6) is 5.75 Å². The van der Waals surface area contributed by atoms with E-state index in [-0.39, 0.29) is 24.0 Å². The molecule has 0 aliphatic rings. The number of carbonyl (C=O) groups is 1. The number of halogens is 1. The fourth-order valence-electron chi connectivity index (χ4n) is 1.65. The average molecular weight is 332 g/mol. The van der Waals surface area contributed by atoms with Crippen LogP contribution in [0.1, 0.15) is 11.1 Å². The minimum Gasteiger partial charge on any atom is -0.489 e. The molecule has 1 aromatic carbocycles. The highest BCUT2D eigenvalue weighted by atomic mass is 35.5. The van der Waals surface area contributed by atoms with Gasteiger partial charge >= 0.3 is 0 Å². The summed E-state index contributed by atoms with van der Waals surface area (Å²) in [6.45, 7) is 0.913. The van der Waals surface area contributed by atoms with Gasteiger partial charge in [-0.2, -0.15) is 0 Å². The van der Waals surface area contributed by atoms with Crippen LogP contribution in [0.2, 0.25) is 5.02 Å². The number of benzene rings is 1. The number of ether oxygens (including phenoxy) is 1. The van der Waals surface area contributed by atoms with Crippen molar-refractivity contribution in [2.45, 2.75) is 13.0 Å². The predicted octanol–water partition coefficient (Wildman–Crippen LogP) is -0.409. The number of nitrogens with one attached hydrogen (secondary N) is 1. The molecule has 0 saturated carbocycles. The molecule has 8 nitrogen and oxygen atoms in total. The van der Waals surface area contributed by atoms with Crippen molar-refractivity contribution in [3.63, 3.8) is 0 Å². The van der Waals surface area contributed by atoms with Crippen molar-refractivity contribution >= 4 is 23.3 Å². The second-order valence-corrected chi connectivity index (χ2v) is 4.92. The Morgan fingerprint density at radius 1 is 1.55 bits per heavy atom. The van der Waals surface area contributed by atoms with Crippen molar-refractivity contribution in [1.29, 1.82) is 0 Å². The van der Waals surface area contributed by atoms with Crippen LogP contribution in [0.25, 0.3) is 0 Å². The van der Waals surface area contributed by atoms with Crippen molar-refractivity contribution in [1.82, 2.24) is 5.32 Å². The van der Waals surface area contributed by atoms with Gasteiger partial charge in [0.1, 0.15) is 25.1 Å². The van der Waals surface area contributed by atoms with Gasteiger partial charge < -0.3 is 31.2 Å². The largest absolute Gasteiger partial charge is 0.489 e. The number of carbonyl (C=O) groups excluding carboxylic acids is 1. The Morgan fingerprint density at radius 3 is 2.77 bits per heavy atom. The first-order valence-electron chi connectivity index (χ1n) is 6.35. The van der Waals surface area contributed by atoms with Crippen LogP contribution in [-0.4, -0.2) is 53.0 Å². The van der Waals surface area contributed by atoms with Gasteiger partial charge in [-0.25, -0.2) is 0 Å². The van der Waals surface area contributed by atoms with Gasteiger partial charge in [-0.05, 0) is 24.6 Å². The summed E-state index contributed by atoms with van der Waals surface area (Å²) in [5.41, 5.74) is 6.56. The van der Waals surface area contributed by atoms with Crippen molar-refractivity contribution in [2.24, 2.45) is 10.9 Å². The highest BCUT2D eigenvalue weighted by Gasteiger charge is 2.13. The van der Waals surface area contributed by atoms with Crippen LogP contribution in [0.4, 0.5) is 0 Å². The van der Waals surface area contributed by atoms with Gasteiger partial charge in [0, 0.05) is 12.1 Å². The van der Waals surface area contributed by atoms with Gasteiger partial charge in [-0.15, -0.1) is 0 Å². The smallest absolute Gasteiger partial charge is 0.245 e. The van der Waals surface area contributed by atoms with Crippen LogP contribution in [0.15, 0.2) is 17.3 Å². The number of aliphatic hydroxyl groups excluding tert-OH is 2. The summed E-state index contributed by atoms with van der Waals surface area (Å²) in [5, 5.41) is 32.3. The van der Waals surface area contributed by atoms with Crippen molar-refractivity contribution < 1.29 is 25.0 Å². The van der Waals surface area contributed by atoms with Crippen molar-refractivity contribution in [3.8, 4) is 5.75 Å². The van der Waals surface area contributed by atoms with Gasteiger partial charge in [0.2, 0.25) is 5.91 Å². The minimum absolute atomic E-state index is 0.0573. The second-order valence-electron chi connectivity index (χ2n) is 4.52. The van der Waals surface area contributed by atoms with Crippen LogP contribution in [-0.2, 0) is 4.79 Å². The third-order valence-corrected chi connectivity index (χ3v) is 3.01. The molecule has 0 bridgehead atoms. The fraction of sp³-hybridized carbons (Fsp3) is 0.385. The first kappa shape index (κ1) is 18.0. The molecule has 0 unspecified atom stereocenters. The molecule has 1 amide bonds. The van der Waals surface area contributed by atoms with Crippen molar-refractivity contribution in [3.05, 3.63) is 28.3 Å². The van der Waals surface area contributed by atoms with Gasteiger partial charge in [0.05, 0.1) is 5.02 Å². The maximum atomic E-state index is 10.9. The molecule has 0 saturated heterocycles. The maximum absolute atomic E-state index is 10.9. The maximum Gasteiger partial charge on any atom is 0.245 e. The topological polar surface area (TPSA) is 137 Å². The molecule has 0 fully saturated rings. The summed E-state index contributed by atoms with van der Waals surface area (Å²) in [6, 6.07) is 3.09. The molecule has 0 aliphatic carbocycles. The lowest BCUT2D eigenvalue weighted by Crippen LogP contribution is -2.36. The van der Waals surface area contributed by atoms with Gasteiger partial charge in [0.15, 0.2) is 5.84 Å². The Labute approximate surface area is 132 Å². The van der Waals surface area contributed by atoms with E-state index in [0.29, 0.717) is 16.9 Å². The fourth-order valence-corrected chi connectivity index (χ4v) is 1.97. The molecule has 0 spiro atoms. The zero-order valence-corrected chi connectivity index (χ0v) is 12.7. The number of aryl methyl sites for hydroxylation is 1. The van der Waals surface area contributed by atoms with Crippen molar-refractivity contribution in [2.75, 3.05) is 19.8 Å². The summed E-state index contributed by atoms with van der Waals surface area (Å²) < 4.78 is 5.42. The van der Waals surface area contributed by atoms with E-state index >= 15 is 0 Å². The summed E-state index contributed by atoms with van der Waals surface area (Å²) in [6.07, 6.45) is -0.963. The highest BCUT2D eigenvalue weighted by molar-refractivity contribution is 6.32. The van der Waals surface area contributed by atoms with Crippen LogP contribution in [0, 0.1) is 6.92 Å². The molecule has 9 heteroatoms. The molecule has 0 aromatic heterocycles. The summed E-state index contributed by atoms with van der Waals surface area (Å²) in [4.78, 5) is 10.9. The zero-order valence-electron chi connectivity index (χ0n) is 11.9. The van der Waals surface area contributed by atoms with Gasteiger partial charge in [-0.3, -0.25) is 4.79 Å². The highest BCUT2D eigenvalue weighted by Crippen LogP contribution is 2.30. The first-order chi connectivity index (χ1) is 10.4. The van der Waals surface area contributed by atoms with Crippen LogP contribution < -0.4 is 15.8 Å². The molecule has 0 radical (unpaired) electrons. The summed E-state index contributed by atoms with van der Waals surface area (Å²) in [5.74, 6) is -0.316. The number of nitrogens with zero attached hydrogens (tertiary/aromatic N) is 1. The van der Waals surface area contributed by atoms with E-state index in [1.54, 1.807) is 13.0 Å². The Hall–Kier alpha value is -2.03. The molecule has 22 heavy (non-hydrogen) atoms. The van der Waals surface area contributed by atoms with Gasteiger partial charge in [0.25, 0.3) is 0 Å². The van der Waals surface area contributed by atoms with Gasteiger partial charge in [-0.1, -0.05) is 16.8 Å². The Balaban J connectivity index is 2.68. The third kappa shape index (κ3) is 5.06. The van der Waals surface area contributed by atoms with E-state index in [1.165, 1.54) is 6.07 Å². The van der Waals surface area contributed by atoms with Crippen LogP contribution >= 0.6 is 11.6 Å². The van der Waals surface area contributed by atoms with Crippen LogP contribution in [0.3, 0.4) is 0 Å². The number of rotatable bonds is 7. The number of oxime groups is 1. The van der Waals surface area contributed by atoms with E-state index in [0.717, 1.165) is 0 Å². The predicted molar refractivity (Wildman–Crippen MR) is 80.3 cm³/mol. The monoisotopic (exact) mass is 331 g/mol. The number of hydrogen-bond acceptors (Lipinski definition) is 6. The first-order valence-corrected chi connectivity index (χ1v) is 6.73. The third-order valence-electron chi connectivity index (χ3n) is 2.73. The number of amides is 1. The van der Waals surface area contributed by atoms with E-state index in [2.05, 4.69) is 10.5 Å². The second kappa shape index (κ2) is 8.42. The molecular weight excluding hydrogens is 314 g/mol. The van der Waals surface area contributed by atoms with E-state index < -0.39 is 18.6 Å². The molecule has 0 aliphatic heterocycles. The Morgan fingerprint density at radius 2 is 2.23 bits per heavy atom. The summed E-state index contributed by atoms with van der Waals surface area (Å²) in [7, 11) is 0. The Kier molecular flexibility index (Phi) is 6.90. The quantitative estimate of drug-likeness (QED) is 0.199. The lowest BCUT2D eigenvalue weighted by molar-refractivity contribution is -0.124. The normalized spacial score (nSPS) is 12.8. The Bertz CT molecular complexity index is 542. The molecule has 1 atom stereocenters. The number of aliphatic hydroxyl groups is 2. The molecule has 6 N–H and O–H groups in total. The van der Waals surface area contributed by atoms with E-state index in [9.17, 15) is 9.90 Å². The van der Waals surface area contributed by atoms with E-state index in [4.69, 9.17) is 32.4 Å². The molecular formula is C13H18ClN3O5. The zero-order chi connectivity index (χ0) is 16.7. The molecule has 122 valence electrons. The molecule has 0 heterocycles. The molecule has 1 rings (SSSR count). The minimum atomic E-state index is -0.963. The lowest BCUT2D eigenvalue weighted by Gasteiger charge is -2.16.